The molecule has 1 aliphatic carbocycles. The Balaban J connectivity index is 1.81. The maximum atomic E-state index is 12.9. The molecule has 128 valence electrons. The minimum absolute atomic E-state index is 0.00252. The molecule has 1 heterocycles. The molecule has 1 saturated carbocycles. The van der Waals surface area contributed by atoms with Crippen LogP contribution in [0.1, 0.15) is 42.6 Å². The summed E-state index contributed by atoms with van der Waals surface area (Å²) in [4.78, 5) is 39.0. The first-order chi connectivity index (χ1) is 11.4. The van der Waals surface area contributed by atoms with E-state index in [0.29, 0.717) is 12.1 Å². The van der Waals surface area contributed by atoms with Crippen molar-refractivity contribution in [3.05, 3.63) is 29.3 Å². The van der Waals surface area contributed by atoms with Crippen molar-refractivity contribution in [2.75, 3.05) is 18.0 Å². The summed E-state index contributed by atoms with van der Waals surface area (Å²) in [5.74, 6) is -1.59. The van der Waals surface area contributed by atoms with Crippen molar-refractivity contribution >= 4 is 23.5 Å². The Labute approximate surface area is 141 Å². The van der Waals surface area contributed by atoms with Gasteiger partial charge >= 0.3 is 5.97 Å². The van der Waals surface area contributed by atoms with E-state index in [4.69, 9.17) is 5.11 Å². The third-order valence-corrected chi connectivity index (χ3v) is 4.74. The van der Waals surface area contributed by atoms with Crippen LogP contribution in [-0.4, -0.2) is 46.9 Å². The second kappa shape index (κ2) is 6.26. The van der Waals surface area contributed by atoms with Crippen LogP contribution in [0.5, 0.6) is 0 Å². The third kappa shape index (κ3) is 3.13. The van der Waals surface area contributed by atoms with Gasteiger partial charge in [-0.2, -0.15) is 0 Å². The van der Waals surface area contributed by atoms with Crippen LogP contribution >= 0.6 is 0 Å². The van der Waals surface area contributed by atoms with Gasteiger partial charge in [-0.3, -0.25) is 14.4 Å². The Morgan fingerprint density at radius 3 is 2.62 bits per heavy atom. The van der Waals surface area contributed by atoms with E-state index in [1.54, 1.807) is 22.8 Å². The van der Waals surface area contributed by atoms with Crippen LogP contribution in [0.2, 0.25) is 0 Å². The predicted octanol–water partition coefficient (Wildman–Crippen LogP) is 1.92. The van der Waals surface area contributed by atoms with Gasteiger partial charge in [-0.1, -0.05) is 6.92 Å². The first kappa shape index (κ1) is 16.5. The number of hydrogen-bond donors (Lipinski definition) is 1. The van der Waals surface area contributed by atoms with Gasteiger partial charge < -0.3 is 14.9 Å². The first-order valence-corrected chi connectivity index (χ1v) is 8.33. The van der Waals surface area contributed by atoms with Crippen LogP contribution in [0.15, 0.2) is 18.2 Å². The van der Waals surface area contributed by atoms with E-state index in [1.165, 1.54) is 6.92 Å². The number of aliphatic carboxylic acids is 1. The fourth-order valence-electron chi connectivity index (χ4n) is 3.18. The van der Waals surface area contributed by atoms with E-state index in [9.17, 15) is 14.4 Å². The Morgan fingerprint density at radius 2 is 2.04 bits per heavy atom. The summed E-state index contributed by atoms with van der Waals surface area (Å²) in [6.07, 6.45) is 2.60. The van der Waals surface area contributed by atoms with Crippen molar-refractivity contribution < 1.29 is 19.5 Å². The van der Waals surface area contributed by atoms with Crippen LogP contribution in [-0.2, 0) is 16.0 Å². The van der Waals surface area contributed by atoms with E-state index in [1.807, 2.05) is 12.1 Å². The molecule has 1 aromatic carbocycles. The minimum atomic E-state index is -0.889. The summed E-state index contributed by atoms with van der Waals surface area (Å²) in [5, 5.41) is 9.12. The lowest BCUT2D eigenvalue weighted by atomic mass is 10.1. The molecule has 6 nitrogen and oxygen atoms in total. The molecule has 3 rings (SSSR count). The molecule has 0 aromatic heterocycles. The molecule has 1 N–H and O–H groups in total. The maximum Gasteiger partial charge on any atom is 0.308 e. The molecule has 6 heteroatoms. The van der Waals surface area contributed by atoms with E-state index in [0.717, 1.165) is 30.5 Å². The monoisotopic (exact) mass is 330 g/mol. The van der Waals surface area contributed by atoms with Crippen molar-refractivity contribution in [2.24, 2.45) is 5.92 Å². The summed E-state index contributed by atoms with van der Waals surface area (Å²) in [6.45, 7) is 4.04. The number of carboxylic acid groups (broad SMARTS) is 1. The molecule has 2 aliphatic rings. The Hall–Kier alpha value is -2.37. The summed E-state index contributed by atoms with van der Waals surface area (Å²) in [6, 6.07) is 5.56. The quantitative estimate of drug-likeness (QED) is 0.895. The number of carbonyl (C=O) groups is 3. The van der Waals surface area contributed by atoms with Crippen molar-refractivity contribution in [3.63, 3.8) is 0 Å². The molecule has 0 bridgehead atoms. The number of carbonyl (C=O) groups excluding carboxylic acids is 2. The maximum absolute atomic E-state index is 12.9. The highest BCUT2D eigenvalue weighted by atomic mass is 16.4. The van der Waals surface area contributed by atoms with Crippen molar-refractivity contribution in [2.45, 2.75) is 39.2 Å². The molecular weight excluding hydrogens is 308 g/mol. The zero-order valence-electron chi connectivity index (χ0n) is 14.0. The fraction of sp³-hybridized carbons (Fsp3) is 0.500. The average Bonchev–Trinajstić information content (AvgIpc) is 3.29. The average molecular weight is 330 g/mol. The number of rotatable bonds is 5. The van der Waals surface area contributed by atoms with Gasteiger partial charge in [0.15, 0.2) is 0 Å². The van der Waals surface area contributed by atoms with E-state index < -0.39 is 11.9 Å². The molecule has 0 spiro atoms. The van der Waals surface area contributed by atoms with Crippen molar-refractivity contribution in [3.8, 4) is 0 Å². The number of anilines is 1. The molecule has 2 amide bonds. The molecule has 1 fully saturated rings. The number of carboxylic acids is 1. The van der Waals surface area contributed by atoms with Crippen LogP contribution < -0.4 is 4.90 Å². The molecule has 0 saturated heterocycles. The standard InChI is InChI=1S/C18H22N2O4/c1-11(18(23)24)10-20(15-4-5-15)17(22)14-3-6-16-13(9-14)7-8-19(16)12(2)21/h3,6,9,11,15H,4-5,7-8,10H2,1-2H3,(H,23,24)/t11-/m1/s1. The van der Waals surface area contributed by atoms with Crippen LogP contribution in [0.25, 0.3) is 0 Å². The van der Waals surface area contributed by atoms with Gasteiger partial charge in [-0.25, -0.2) is 0 Å². The number of amides is 2. The summed E-state index contributed by atoms with van der Waals surface area (Å²) < 4.78 is 0. The van der Waals surface area contributed by atoms with E-state index in [2.05, 4.69) is 0 Å². The summed E-state index contributed by atoms with van der Waals surface area (Å²) >= 11 is 0. The van der Waals surface area contributed by atoms with Crippen molar-refractivity contribution in [1.82, 2.24) is 4.90 Å². The van der Waals surface area contributed by atoms with Gasteiger partial charge in [0.1, 0.15) is 0 Å². The second-order valence-corrected chi connectivity index (χ2v) is 6.69. The number of benzene rings is 1. The molecule has 0 radical (unpaired) electrons. The highest BCUT2D eigenvalue weighted by Gasteiger charge is 2.35. The van der Waals surface area contributed by atoms with Gasteiger partial charge in [0.2, 0.25) is 5.91 Å². The smallest absolute Gasteiger partial charge is 0.308 e. The minimum Gasteiger partial charge on any atom is -0.481 e. The zero-order valence-corrected chi connectivity index (χ0v) is 14.0. The normalized spacial score (nSPS) is 17.3. The number of hydrogen-bond acceptors (Lipinski definition) is 3. The molecule has 24 heavy (non-hydrogen) atoms. The molecule has 1 aromatic rings. The van der Waals surface area contributed by atoms with Crippen LogP contribution in [0.4, 0.5) is 5.69 Å². The van der Waals surface area contributed by atoms with Gasteiger partial charge in [0.05, 0.1) is 5.92 Å². The molecule has 0 unspecified atom stereocenters. The Kier molecular flexibility index (Phi) is 4.30. The Bertz CT molecular complexity index is 696. The van der Waals surface area contributed by atoms with E-state index in [-0.39, 0.29) is 24.4 Å². The lowest BCUT2D eigenvalue weighted by molar-refractivity contribution is -0.141. The van der Waals surface area contributed by atoms with Gasteiger partial charge in [0, 0.05) is 37.3 Å². The van der Waals surface area contributed by atoms with Crippen LogP contribution in [0.3, 0.4) is 0 Å². The van der Waals surface area contributed by atoms with Gasteiger partial charge in [0.25, 0.3) is 5.91 Å². The van der Waals surface area contributed by atoms with Gasteiger partial charge in [-0.05, 0) is 43.0 Å². The summed E-state index contributed by atoms with van der Waals surface area (Å²) in [5.41, 5.74) is 2.44. The fourth-order valence-corrected chi connectivity index (χ4v) is 3.18. The first-order valence-electron chi connectivity index (χ1n) is 8.33. The predicted molar refractivity (Wildman–Crippen MR) is 89.0 cm³/mol. The lowest BCUT2D eigenvalue weighted by Crippen LogP contribution is -2.38. The van der Waals surface area contributed by atoms with Crippen LogP contribution in [0, 0.1) is 5.92 Å². The largest absolute Gasteiger partial charge is 0.481 e. The van der Waals surface area contributed by atoms with Gasteiger partial charge in [-0.15, -0.1) is 0 Å². The second-order valence-electron chi connectivity index (χ2n) is 6.69. The van der Waals surface area contributed by atoms with E-state index >= 15 is 0 Å². The molecular formula is C18H22N2O4. The molecule has 1 atom stereocenters. The molecule has 1 aliphatic heterocycles. The highest BCUT2D eigenvalue weighted by Crippen LogP contribution is 2.32. The zero-order chi connectivity index (χ0) is 17.4. The highest BCUT2D eigenvalue weighted by molar-refractivity contribution is 5.98. The third-order valence-electron chi connectivity index (χ3n) is 4.74. The van der Waals surface area contributed by atoms with Crippen molar-refractivity contribution in [1.29, 1.82) is 0 Å². The summed E-state index contributed by atoms with van der Waals surface area (Å²) in [7, 11) is 0. The Morgan fingerprint density at radius 1 is 1.33 bits per heavy atom. The SMILES string of the molecule is CC(=O)N1CCc2cc(C(=O)N(C[C@@H](C)C(=O)O)C3CC3)ccc21. The number of fused-ring (bicyclic) bond motifs is 1. The topological polar surface area (TPSA) is 77.9 Å². The number of nitrogens with zero attached hydrogens (tertiary/aromatic N) is 2. The lowest BCUT2D eigenvalue weighted by Gasteiger charge is -2.25.